The Morgan fingerprint density at radius 3 is 2.71 bits per heavy atom. The number of rotatable bonds is 5. The summed E-state index contributed by atoms with van der Waals surface area (Å²) in [6.45, 7) is 0.737. The summed E-state index contributed by atoms with van der Waals surface area (Å²) in [5.41, 5.74) is -0.0886. The van der Waals surface area contributed by atoms with Gasteiger partial charge in [0.25, 0.3) is 0 Å². The molecule has 1 aliphatic rings. The van der Waals surface area contributed by atoms with Crippen LogP contribution in [0, 0.1) is 16.0 Å². The first-order chi connectivity index (χ1) is 8.22. The van der Waals surface area contributed by atoms with Gasteiger partial charge < -0.3 is 10.6 Å². The van der Waals surface area contributed by atoms with Crippen molar-refractivity contribution >= 4 is 17.3 Å². The van der Waals surface area contributed by atoms with Crippen molar-refractivity contribution in [1.82, 2.24) is 9.97 Å². The van der Waals surface area contributed by atoms with Crippen molar-refractivity contribution in [2.24, 2.45) is 5.92 Å². The van der Waals surface area contributed by atoms with Gasteiger partial charge >= 0.3 is 5.69 Å². The molecule has 1 fully saturated rings. The first-order valence-electron chi connectivity index (χ1n) is 5.63. The predicted octanol–water partition coefficient (Wildman–Crippen LogP) is 1.64. The molecule has 0 radical (unpaired) electrons. The highest BCUT2D eigenvalue weighted by atomic mass is 16.6. The highest BCUT2D eigenvalue weighted by molar-refractivity contribution is 5.68. The fourth-order valence-corrected chi connectivity index (χ4v) is 1.80. The van der Waals surface area contributed by atoms with E-state index in [0.29, 0.717) is 11.7 Å². The molecule has 1 aliphatic carbocycles. The van der Waals surface area contributed by atoms with E-state index in [2.05, 4.69) is 20.6 Å². The third-order valence-electron chi connectivity index (χ3n) is 3.02. The summed E-state index contributed by atoms with van der Waals surface area (Å²) >= 11 is 0. The molecular formula is C10H15N5O2. The number of anilines is 2. The van der Waals surface area contributed by atoms with Crippen molar-refractivity contribution in [3.63, 3.8) is 0 Å². The largest absolute Gasteiger partial charge is 0.367 e. The van der Waals surface area contributed by atoms with Gasteiger partial charge in [-0.15, -0.1) is 0 Å². The third-order valence-corrected chi connectivity index (χ3v) is 3.02. The molecule has 0 spiro atoms. The Morgan fingerprint density at radius 2 is 2.18 bits per heavy atom. The van der Waals surface area contributed by atoms with Crippen molar-refractivity contribution in [3.05, 3.63) is 16.4 Å². The van der Waals surface area contributed by atoms with E-state index in [1.807, 2.05) is 0 Å². The van der Waals surface area contributed by atoms with Crippen LogP contribution in [0.5, 0.6) is 0 Å². The zero-order chi connectivity index (χ0) is 12.3. The minimum absolute atomic E-state index is 0.0886. The second-order valence-electron chi connectivity index (χ2n) is 4.10. The van der Waals surface area contributed by atoms with Crippen molar-refractivity contribution in [2.45, 2.75) is 19.3 Å². The van der Waals surface area contributed by atoms with Gasteiger partial charge in [-0.05, 0) is 18.8 Å². The molecule has 0 saturated heterocycles. The summed E-state index contributed by atoms with van der Waals surface area (Å²) in [7, 11) is 1.60. The Hall–Kier alpha value is -1.92. The number of aromatic nitrogens is 2. The maximum atomic E-state index is 11.0. The number of hydrogen-bond donors (Lipinski definition) is 2. The fourth-order valence-electron chi connectivity index (χ4n) is 1.80. The first-order valence-corrected chi connectivity index (χ1v) is 5.63. The van der Waals surface area contributed by atoms with Crippen LogP contribution in [0.25, 0.3) is 0 Å². The molecule has 2 rings (SSSR count). The third kappa shape index (κ3) is 2.43. The van der Waals surface area contributed by atoms with Crippen LogP contribution < -0.4 is 10.6 Å². The van der Waals surface area contributed by atoms with Crippen LogP contribution in [0.15, 0.2) is 6.33 Å². The van der Waals surface area contributed by atoms with Crippen molar-refractivity contribution in [3.8, 4) is 0 Å². The van der Waals surface area contributed by atoms with E-state index in [9.17, 15) is 10.1 Å². The molecule has 0 aliphatic heterocycles. The van der Waals surface area contributed by atoms with Crippen LogP contribution >= 0.6 is 0 Å². The lowest BCUT2D eigenvalue weighted by Gasteiger charge is -2.25. The van der Waals surface area contributed by atoms with Gasteiger partial charge in [-0.3, -0.25) is 10.1 Å². The second-order valence-corrected chi connectivity index (χ2v) is 4.10. The molecule has 0 aromatic carbocycles. The Bertz CT molecular complexity index is 419. The van der Waals surface area contributed by atoms with Crippen LogP contribution in [0.1, 0.15) is 19.3 Å². The summed E-state index contributed by atoms with van der Waals surface area (Å²) in [4.78, 5) is 18.3. The fraction of sp³-hybridized carbons (Fsp3) is 0.600. The Balaban J connectivity index is 2.16. The van der Waals surface area contributed by atoms with E-state index in [1.54, 1.807) is 7.05 Å². The van der Waals surface area contributed by atoms with E-state index < -0.39 is 4.92 Å². The van der Waals surface area contributed by atoms with E-state index >= 15 is 0 Å². The number of nitrogens with zero attached hydrogens (tertiary/aromatic N) is 3. The van der Waals surface area contributed by atoms with Crippen LogP contribution in [-0.2, 0) is 0 Å². The van der Waals surface area contributed by atoms with Crippen molar-refractivity contribution < 1.29 is 4.92 Å². The van der Waals surface area contributed by atoms with Gasteiger partial charge in [-0.2, -0.15) is 0 Å². The van der Waals surface area contributed by atoms with E-state index in [0.717, 1.165) is 6.54 Å². The average molecular weight is 237 g/mol. The molecule has 7 nitrogen and oxygen atoms in total. The number of hydrogen-bond acceptors (Lipinski definition) is 6. The standard InChI is InChI=1S/C10H15N5O2/c1-11-9-8(15(16)17)10(14-6-13-9)12-5-7-3-2-4-7/h6-7H,2-5H2,1H3,(H2,11,12,13,14). The summed E-state index contributed by atoms with van der Waals surface area (Å²) in [6, 6.07) is 0. The molecular weight excluding hydrogens is 222 g/mol. The topological polar surface area (TPSA) is 93.0 Å². The molecule has 1 heterocycles. The zero-order valence-electron chi connectivity index (χ0n) is 9.64. The van der Waals surface area contributed by atoms with Gasteiger partial charge in [-0.25, -0.2) is 9.97 Å². The highest BCUT2D eigenvalue weighted by Crippen LogP contribution is 2.30. The van der Waals surface area contributed by atoms with Gasteiger partial charge in [-0.1, -0.05) is 6.42 Å². The molecule has 92 valence electrons. The molecule has 2 N–H and O–H groups in total. The molecule has 1 aromatic heterocycles. The smallest absolute Gasteiger partial charge is 0.353 e. The molecule has 7 heteroatoms. The average Bonchev–Trinajstić information content (AvgIpc) is 2.26. The number of nitro groups is 1. The van der Waals surface area contributed by atoms with E-state index in [1.165, 1.54) is 25.6 Å². The second kappa shape index (κ2) is 4.94. The maximum Gasteiger partial charge on any atom is 0.353 e. The van der Waals surface area contributed by atoms with Gasteiger partial charge in [0.15, 0.2) is 0 Å². The summed E-state index contributed by atoms with van der Waals surface area (Å²) in [6.07, 6.45) is 4.94. The zero-order valence-corrected chi connectivity index (χ0v) is 9.64. The van der Waals surface area contributed by atoms with Crippen LogP contribution in [0.2, 0.25) is 0 Å². The minimum Gasteiger partial charge on any atom is -0.367 e. The summed E-state index contributed by atoms with van der Waals surface area (Å²) < 4.78 is 0. The van der Waals surface area contributed by atoms with Crippen LogP contribution in [0.4, 0.5) is 17.3 Å². The van der Waals surface area contributed by atoms with Gasteiger partial charge in [0, 0.05) is 13.6 Å². The van der Waals surface area contributed by atoms with Crippen molar-refractivity contribution in [2.75, 3.05) is 24.2 Å². The molecule has 0 bridgehead atoms. The lowest BCUT2D eigenvalue weighted by atomic mass is 9.85. The molecule has 17 heavy (non-hydrogen) atoms. The monoisotopic (exact) mass is 237 g/mol. The highest BCUT2D eigenvalue weighted by Gasteiger charge is 2.24. The normalized spacial score (nSPS) is 15.1. The Morgan fingerprint density at radius 1 is 1.47 bits per heavy atom. The SMILES string of the molecule is CNc1ncnc(NCC2CCC2)c1[N+](=O)[O-]. The Labute approximate surface area is 98.8 Å². The van der Waals surface area contributed by atoms with Gasteiger partial charge in [0.2, 0.25) is 11.6 Å². The maximum absolute atomic E-state index is 11.0. The predicted molar refractivity (Wildman–Crippen MR) is 64.1 cm³/mol. The van der Waals surface area contributed by atoms with Crippen molar-refractivity contribution in [1.29, 1.82) is 0 Å². The molecule has 1 saturated carbocycles. The molecule has 0 unspecified atom stereocenters. The molecule has 0 amide bonds. The molecule has 0 atom stereocenters. The summed E-state index contributed by atoms with van der Waals surface area (Å²) in [5, 5.41) is 16.7. The molecule has 1 aromatic rings. The lowest BCUT2D eigenvalue weighted by Crippen LogP contribution is -2.22. The van der Waals surface area contributed by atoms with Crippen LogP contribution in [-0.4, -0.2) is 28.5 Å². The first kappa shape index (κ1) is 11.6. The number of nitrogens with one attached hydrogen (secondary N) is 2. The minimum atomic E-state index is -0.463. The van der Waals surface area contributed by atoms with Crippen LogP contribution in [0.3, 0.4) is 0 Å². The van der Waals surface area contributed by atoms with Gasteiger partial charge in [0.1, 0.15) is 6.33 Å². The Kier molecular flexibility index (Phi) is 3.36. The summed E-state index contributed by atoms with van der Waals surface area (Å²) in [5.74, 6) is 1.14. The lowest BCUT2D eigenvalue weighted by molar-refractivity contribution is -0.383. The van der Waals surface area contributed by atoms with Gasteiger partial charge in [0.05, 0.1) is 4.92 Å². The quantitative estimate of drug-likeness (QED) is 0.597. The van der Waals surface area contributed by atoms with E-state index in [4.69, 9.17) is 0 Å². The van der Waals surface area contributed by atoms with E-state index in [-0.39, 0.29) is 11.5 Å².